The van der Waals surface area contributed by atoms with E-state index >= 15 is 0 Å². The van der Waals surface area contributed by atoms with Crippen LogP contribution in [0.25, 0.3) is 0 Å². The second kappa shape index (κ2) is 5.34. The zero-order valence-corrected chi connectivity index (χ0v) is 10.5. The quantitative estimate of drug-likeness (QED) is 0.682. The molecule has 0 aromatic rings. The molecule has 2 heteroatoms. The summed E-state index contributed by atoms with van der Waals surface area (Å²) in [5.41, 5.74) is 3.08. The first kappa shape index (κ1) is 12.3. The highest BCUT2D eigenvalue weighted by Gasteiger charge is 2.18. The van der Waals surface area contributed by atoms with Gasteiger partial charge in [0, 0.05) is 17.5 Å². The van der Waals surface area contributed by atoms with Crippen molar-refractivity contribution in [2.75, 3.05) is 0 Å². The van der Waals surface area contributed by atoms with E-state index in [0.717, 1.165) is 5.57 Å². The van der Waals surface area contributed by atoms with Gasteiger partial charge < -0.3 is 10.7 Å². The van der Waals surface area contributed by atoms with E-state index in [1.165, 1.54) is 31.4 Å². The van der Waals surface area contributed by atoms with E-state index in [1.807, 2.05) is 6.92 Å². The van der Waals surface area contributed by atoms with E-state index in [9.17, 15) is 0 Å². The SMILES string of the molecule is CC(=N)/C(C)=C(\NC1CCCC1)C(C)C. The van der Waals surface area contributed by atoms with Gasteiger partial charge in [0.15, 0.2) is 0 Å². The molecular weight excluding hydrogens is 184 g/mol. The molecule has 0 aromatic carbocycles. The van der Waals surface area contributed by atoms with Crippen molar-refractivity contribution < 1.29 is 0 Å². The van der Waals surface area contributed by atoms with Gasteiger partial charge in [-0.3, -0.25) is 0 Å². The molecule has 1 fully saturated rings. The second-order valence-corrected chi connectivity index (χ2v) is 4.94. The minimum Gasteiger partial charge on any atom is -0.385 e. The third kappa shape index (κ3) is 3.37. The Labute approximate surface area is 93.7 Å². The number of hydrogen-bond donors (Lipinski definition) is 2. The maximum Gasteiger partial charge on any atom is 0.0329 e. The molecule has 1 saturated carbocycles. The van der Waals surface area contributed by atoms with Gasteiger partial charge in [0.05, 0.1) is 0 Å². The molecule has 86 valence electrons. The predicted molar refractivity (Wildman–Crippen MR) is 66.3 cm³/mol. The zero-order valence-electron chi connectivity index (χ0n) is 10.5. The Kier molecular flexibility index (Phi) is 4.37. The van der Waals surface area contributed by atoms with Crippen molar-refractivity contribution in [3.8, 4) is 0 Å². The average molecular weight is 208 g/mol. The number of nitrogens with one attached hydrogen (secondary N) is 2. The van der Waals surface area contributed by atoms with Crippen LogP contribution in [0.1, 0.15) is 53.4 Å². The van der Waals surface area contributed by atoms with E-state index in [-0.39, 0.29) is 0 Å². The van der Waals surface area contributed by atoms with Crippen LogP contribution in [-0.2, 0) is 0 Å². The molecule has 0 aromatic heterocycles. The Hall–Kier alpha value is -0.790. The third-order valence-corrected chi connectivity index (χ3v) is 3.26. The van der Waals surface area contributed by atoms with E-state index in [1.54, 1.807) is 0 Å². The third-order valence-electron chi connectivity index (χ3n) is 3.26. The first-order valence-electron chi connectivity index (χ1n) is 6.05. The lowest BCUT2D eigenvalue weighted by Crippen LogP contribution is -2.29. The fourth-order valence-corrected chi connectivity index (χ4v) is 2.20. The topological polar surface area (TPSA) is 35.9 Å². The molecule has 1 aliphatic rings. The molecule has 2 N–H and O–H groups in total. The highest BCUT2D eigenvalue weighted by atomic mass is 14.9. The van der Waals surface area contributed by atoms with Crippen LogP contribution in [0, 0.1) is 11.3 Å². The van der Waals surface area contributed by atoms with Gasteiger partial charge >= 0.3 is 0 Å². The van der Waals surface area contributed by atoms with E-state index in [4.69, 9.17) is 5.41 Å². The summed E-state index contributed by atoms with van der Waals surface area (Å²) in [7, 11) is 0. The van der Waals surface area contributed by atoms with Gasteiger partial charge in [-0.1, -0.05) is 26.7 Å². The minimum absolute atomic E-state index is 0.492. The summed E-state index contributed by atoms with van der Waals surface area (Å²) in [6.45, 7) is 8.32. The molecule has 2 nitrogen and oxygen atoms in total. The summed E-state index contributed by atoms with van der Waals surface area (Å²) >= 11 is 0. The Morgan fingerprint density at radius 2 is 1.73 bits per heavy atom. The monoisotopic (exact) mass is 208 g/mol. The fourth-order valence-electron chi connectivity index (χ4n) is 2.20. The van der Waals surface area contributed by atoms with Crippen molar-refractivity contribution in [3.63, 3.8) is 0 Å². The molecule has 15 heavy (non-hydrogen) atoms. The van der Waals surface area contributed by atoms with Crippen LogP contribution in [-0.4, -0.2) is 11.8 Å². The average Bonchev–Trinajstić information content (AvgIpc) is 2.64. The normalized spacial score (nSPS) is 19.3. The fraction of sp³-hybridized carbons (Fsp3) is 0.769. The van der Waals surface area contributed by atoms with Crippen molar-refractivity contribution in [1.82, 2.24) is 5.32 Å². The smallest absolute Gasteiger partial charge is 0.0329 e. The van der Waals surface area contributed by atoms with Gasteiger partial charge in [-0.05, 0) is 38.2 Å². The number of rotatable bonds is 4. The van der Waals surface area contributed by atoms with Gasteiger partial charge in [0.25, 0.3) is 0 Å². The molecule has 0 spiro atoms. The second-order valence-electron chi connectivity index (χ2n) is 4.94. The van der Waals surface area contributed by atoms with Gasteiger partial charge in [-0.2, -0.15) is 0 Å². The zero-order chi connectivity index (χ0) is 11.4. The van der Waals surface area contributed by atoms with Crippen LogP contribution >= 0.6 is 0 Å². The van der Waals surface area contributed by atoms with Crippen LogP contribution in [0.15, 0.2) is 11.3 Å². The highest BCUT2D eigenvalue weighted by molar-refractivity contribution is 5.95. The summed E-state index contributed by atoms with van der Waals surface area (Å²) in [5, 5.41) is 11.3. The Morgan fingerprint density at radius 3 is 2.13 bits per heavy atom. The first-order valence-corrected chi connectivity index (χ1v) is 6.05. The van der Waals surface area contributed by atoms with Crippen LogP contribution < -0.4 is 5.32 Å². The molecule has 0 heterocycles. The van der Waals surface area contributed by atoms with Crippen LogP contribution in [0.5, 0.6) is 0 Å². The lowest BCUT2D eigenvalue weighted by molar-refractivity contribution is 0.533. The van der Waals surface area contributed by atoms with E-state index in [0.29, 0.717) is 17.7 Å². The molecule has 0 radical (unpaired) electrons. The van der Waals surface area contributed by atoms with E-state index in [2.05, 4.69) is 26.1 Å². The summed E-state index contributed by atoms with van der Waals surface area (Å²) < 4.78 is 0. The molecule has 1 aliphatic carbocycles. The summed E-state index contributed by atoms with van der Waals surface area (Å²) in [5.74, 6) is 0.492. The molecule has 0 saturated heterocycles. The summed E-state index contributed by atoms with van der Waals surface area (Å²) in [6.07, 6.45) is 5.29. The Morgan fingerprint density at radius 1 is 1.20 bits per heavy atom. The van der Waals surface area contributed by atoms with Crippen molar-refractivity contribution >= 4 is 5.71 Å². The Balaban J connectivity index is 2.73. The summed E-state index contributed by atoms with van der Waals surface area (Å²) in [6, 6.07) is 0.650. The maximum atomic E-state index is 7.70. The first-order chi connectivity index (χ1) is 7.02. The highest BCUT2D eigenvalue weighted by Crippen LogP contribution is 2.22. The van der Waals surface area contributed by atoms with Gasteiger partial charge in [-0.15, -0.1) is 0 Å². The number of allylic oxidation sites excluding steroid dienone is 2. The van der Waals surface area contributed by atoms with Crippen LogP contribution in [0.4, 0.5) is 0 Å². The molecule has 0 aliphatic heterocycles. The molecule has 0 unspecified atom stereocenters. The van der Waals surface area contributed by atoms with Crippen molar-refractivity contribution in [2.24, 2.45) is 5.92 Å². The molecule has 0 bridgehead atoms. The minimum atomic E-state index is 0.492. The molecule has 1 rings (SSSR count). The van der Waals surface area contributed by atoms with Crippen molar-refractivity contribution in [3.05, 3.63) is 11.3 Å². The van der Waals surface area contributed by atoms with Gasteiger partial charge in [0.2, 0.25) is 0 Å². The Bertz CT molecular complexity index is 258. The van der Waals surface area contributed by atoms with Crippen LogP contribution in [0.3, 0.4) is 0 Å². The lowest BCUT2D eigenvalue weighted by Gasteiger charge is -2.22. The van der Waals surface area contributed by atoms with Gasteiger partial charge in [-0.25, -0.2) is 0 Å². The van der Waals surface area contributed by atoms with Crippen LogP contribution in [0.2, 0.25) is 0 Å². The maximum absolute atomic E-state index is 7.70. The standard InChI is InChI=1S/C13H24N2/c1-9(2)13(10(3)11(4)14)15-12-7-5-6-8-12/h9,12,14-15H,5-8H2,1-4H3/b13-10-,14-11?. The molecule has 0 atom stereocenters. The van der Waals surface area contributed by atoms with Gasteiger partial charge in [0.1, 0.15) is 0 Å². The molecular formula is C13H24N2. The van der Waals surface area contributed by atoms with E-state index < -0.39 is 0 Å². The van der Waals surface area contributed by atoms with Crippen molar-refractivity contribution in [2.45, 2.75) is 59.4 Å². The number of hydrogen-bond acceptors (Lipinski definition) is 2. The summed E-state index contributed by atoms with van der Waals surface area (Å²) in [4.78, 5) is 0. The lowest BCUT2D eigenvalue weighted by atomic mass is 10.0. The largest absolute Gasteiger partial charge is 0.385 e. The molecule has 0 amide bonds. The van der Waals surface area contributed by atoms with Crippen molar-refractivity contribution in [1.29, 1.82) is 5.41 Å². The predicted octanol–water partition coefficient (Wildman–Crippen LogP) is 3.49.